The smallest absolute Gasteiger partial charge is 0.337 e. The lowest BCUT2D eigenvalue weighted by Crippen LogP contribution is -2.05. The molecule has 0 aromatic heterocycles. The maximum atomic E-state index is 10.7. The predicted molar refractivity (Wildman–Crippen MR) is 53.7 cm³/mol. The molecule has 0 spiro atoms. The van der Waals surface area contributed by atoms with Crippen LogP contribution in [-0.4, -0.2) is 17.7 Å². The standard InChI is InChI=1S/C10H10N2O3/c1-2-15-9-4-8(12)7(10(13)14)3-6(9)5-11/h3-4H,2,12H2,1H3,(H,13,14). The number of nitrogens with two attached hydrogens (primary N) is 1. The van der Waals surface area contributed by atoms with Gasteiger partial charge in [-0.1, -0.05) is 0 Å². The second-order valence-electron chi connectivity index (χ2n) is 2.79. The van der Waals surface area contributed by atoms with Crippen LogP contribution in [0.15, 0.2) is 12.1 Å². The van der Waals surface area contributed by atoms with Gasteiger partial charge in [-0.2, -0.15) is 5.26 Å². The topological polar surface area (TPSA) is 96.3 Å². The number of aromatic carboxylic acids is 1. The molecular weight excluding hydrogens is 196 g/mol. The van der Waals surface area contributed by atoms with Crippen molar-refractivity contribution in [3.8, 4) is 11.8 Å². The molecule has 0 heterocycles. The summed E-state index contributed by atoms with van der Waals surface area (Å²) in [6.45, 7) is 2.16. The van der Waals surface area contributed by atoms with Gasteiger partial charge < -0.3 is 15.6 Å². The lowest BCUT2D eigenvalue weighted by molar-refractivity contribution is 0.0698. The van der Waals surface area contributed by atoms with Crippen molar-refractivity contribution in [3.63, 3.8) is 0 Å². The fourth-order valence-corrected chi connectivity index (χ4v) is 1.14. The van der Waals surface area contributed by atoms with Gasteiger partial charge in [0.05, 0.1) is 17.7 Å². The summed E-state index contributed by atoms with van der Waals surface area (Å²) >= 11 is 0. The second-order valence-corrected chi connectivity index (χ2v) is 2.79. The van der Waals surface area contributed by atoms with E-state index in [0.717, 1.165) is 0 Å². The Morgan fingerprint density at radius 2 is 2.33 bits per heavy atom. The fourth-order valence-electron chi connectivity index (χ4n) is 1.14. The summed E-state index contributed by atoms with van der Waals surface area (Å²) in [6, 6.07) is 4.42. The number of carboxylic acid groups (broad SMARTS) is 1. The van der Waals surface area contributed by atoms with Crippen molar-refractivity contribution in [1.29, 1.82) is 5.26 Å². The Balaban J connectivity index is 3.30. The molecule has 0 aliphatic rings. The van der Waals surface area contributed by atoms with E-state index in [9.17, 15) is 4.79 Å². The van der Waals surface area contributed by atoms with E-state index < -0.39 is 5.97 Å². The number of carbonyl (C=O) groups is 1. The van der Waals surface area contributed by atoms with Crippen molar-refractivity contribution in [1.82, 2.24) is 0 Å². The van der Waals surface area contributed by atoms with Crippen LogP contribution in [0, 0.1) is 11.3 Å². The molecule has 5 nitrogen and oxygen atoms in total. The maximum Gasteiger partial charge on any atom is 0.337 e. The highest BCUT2D eigenvalue weighted by Crippen LogP contribution is 2.25. The third-order valence-corrected chi connectivity index (χ3v) is 1.80. The average molecular weight is 206 g/mol. The fraction of sp³-hybridized carbons (Fsp3) is 0.200. The van der Waals surface area contributed by atoms with E-state index in [4.69, 9.17) is 20.8 Å². The van der Waals surface area contributed by atoms with Crippen LogP contribution in [0.2, 0.25) is 0 Å². The number of hydrogen-bond donors (Lipinski definition) is 2. The number of nitrogen functional groups attached to an aromatic ring is 1. The number of ether oxygens (including phenoxy) is 1. The van der Waals surface area contributed by atoms with Gasteiger partial charge in [-0.15, -0.1) is 0 Å². The Morgan fingerprint density at radius 1 is 1.67 bits per heavy atom. The zero-order valence-electron chi connectivity index (χ0n) is 8.15. The van der Waals surface area contributed by atoms with E-state index in [0.29, 0.717) is 12.4 Å². The van der Waals surface area contributed by atoms with Crippen LogP contribution in [0.5, 0.6) is 5.75 Å². The highest BCUT2D eigenvalue weighted by atomic mass is 16.5. The molecule has 15 heavy (non-hydrogen) atoms. The van der Waals surface area contributed by atoms with Crippen LogP contribution >= 0.6 is 0 Å². The molecule has 0 fully saturated rings. The summed E-state index contributed by atoms with van der Waals surface area (Å²) < 4.78 is 5.15. The molecule has 0 aliphatic carbocycles. The molecule has 1 rings (SSSR count). The SMILES string of the molecule is CCOc1cc(N)c(C(=O)O)cc1C#N. The minimum Gasteiger partial charge on any atom is -0.492 e. The molecule has 0 bridgehead atoms. The summed E-state index contributed by atoms with van der Waals surface area (Å²) in [5.74, 6) is -0.852. The number of carboxylic acids is 1. The van der Waals surface area contributed by atoms with Gasteiger partial charge in [-0.05, 0) is 13.0 Å². The Bertz CT molecular complexity index is 435. The Morgan fingerprint density at radius 3 is 2.80 bits per heavy atom. The summed E-state index contributed by atoms with van der Waals surface area (Å²) in [5.41, 5.74) is 5.68. The number of nitriles is 1. The summed E-state index contributed by atoms with van der Waals surface area (Å²) in [4.78, 5) is 10.7. The van der Waals surface area contributed by atoms with E-state index in [1.165, 1.54) is 12.1 Å². The maximum absolute atomic E-state index is 10.7. The molecule has 78 valence electrons. The van der Waals surface area contributed by atoms with Gasteiger partial charge in [-0.3, -0.25) is 0 Å². The van der Waals surface area contributed by atoms with Crippen LogP contribution in [0.4, 0.5) is 5.69 Å². The Labute approximate surface area is 86.7 Å². The lowest BCUT2D eigenvalue weighted by atomic mass is 10.1. The molecule has 0 amide bonds. The summed E-state index contributed by atoms with van der Waals surface area (Å²) in [7, 11) is 0. The normalized spacial score (nSPS) is 9.33. The van der Waals surface area contributed by atoms with Crippen LogP contribution in [0.3, 0.4) is 0 Å². The zero-order chi connectivity index (χ0) is 11.4. The van der Waals surface area contributed by atoms with Crippen LogP contribution in [-0.2, 0) is 0 Å². The molecule has 0 radical (unpaired) electrons. The van der Waals surface area contributed by atoms with E-state index >= 15 is 0 Å². The molecule has 0 atom stereocenters. The Hall–Kier alpha value is -2.22. The highest BCUT2D eigenvalue weighted by molar-refractivity contribution is 5.94. The lowest BCUT2D eigenvalue weighted by Gasteiger charge is -2.08. The van der Waals surface area contributed by atoms with Gasteiger partial charge in [0.1, 0.15) is 11.8 Å². The molecule has 5 heteroatoms. The second kappa shape index (κ2) is 4.33. The number of hydrogen-bond acceptors (Lipinski definition) is 4. The molecule has 0 aliphatic heterocycles. The van der Waals surface area contributed by atoms with Gasteiger partial charge in [-0.25, -0.2) is 4.79 Å². The first-order valence-electron chi connectivity index (χ1n) is 4.29. The van der Waals surface area contributed by atoms with E-state index in [2.05, 4.69) is 0 Å². The number of anilines is 1. The van der Waals surface area contributed by atoms with Crippen LogP contribution in [0.1, 0.15) is 22.8 Å². The minimum atomic E-state index is -1.16. The molecule has 0 unspecified atom stereocenters. The van der Waals surface area contributed by atoms with Gasteiger partial charge in [0.15, 0.2) is 0 Å². The molecule has 3 N–H and O–H groups in total. The highest BCUT2D eigenvalue weighted by Gasteiger charge is 2.13. The Kier molecular flexibility index (Phi) is 3.13. The number of rotatable bonds is 3. The first-order chi connectivity index (χ1) is 7.10. The number of nitrogens with zero attached hydrogens (tertiary/aromatic N) is 1. The largest absolute Gasteiger partial charge is 0.492 e. The van der Waals surface area contributed by atoms with E-state index in [1.807, 2.05) is 6.07 Å². The third kappa shape index (κ3) is 2.17. The molecule has 0 saturated heterocycles. The van der Waals surface area contributed by atoms with Gasteiger partial charge in [0.25, 0.3) is 0 Å². The summed E-state index contributed by atoms with van der Waals surface area (Å²) in [5, 5.41) is 17.6. The van der Waals surface area contributed by atoms with E-state index in [1.54, 1.807) is 6.92 Å². The van der Waals surface area contributed by atoms with E-state index in [-0.39, 0.29) is 16.8 Å². The molecular formula is C10H10N2O3. The van der Waals surface area contributed by atoms with Crippen LogP contribution < -0.4 is 10.5 Å². The minimum absolute atomic E-state index is 0.0879. The van der Waals surface area contributed by atoms with Crippen molar-refractivity contribution in [2.75, 3.05) is 12.3 Å². The third-order valence-electron chi connectivity index (χ3n) is 1.80. The number of benzene rings is 1. The summed E-state index contributed by atoms with van der Waals surface area (Å²) in [6.07, 6.45) is 0. The van der Waals surface area contributed by atoms with Gasteiger partial charge in [0, 0.05) is 11.8 Å². The quantitative estimate of drug-likeness (QED) is 0.725. The first kappa shape index (κ1) is 10.9. The van der Waals surface area contributed by atoms with Crippen molar-refractivity contribution in [3.05, 3.63) is 23.3 Å². The monoisotopic (exact) mass is 206 g/mol. The van der Waals surface area contributed by atoms with Crippen molar-refractivity contribution in [2.24, 2.45) is 0 Å². The molecule has 1 aromatic carbocycles. The first-order valence-corrected chi connectivity index (χ1v) is 4.29. The van der Waals surface area contributed by atoms with Crippen molar-refractivity contribution >= 4 is 11.7 Å². The molecule has 1 aromatic rings. The molecule has 0 saturated carbocycles. The zero-order valence-corrected chi connectivity index (χ0v) is 8.15. The van der Waals surface area contributed by atoms with Crippen LogP contribution in [0.25, 0.3) is 0 Å². The van der Waals surface area contributed by atoms with Crippen molar-refractivity contribution in [2.45, 2.75) is 6.92 Å². The van der Waals surface area contributed by atoms with Crippen molar-refractivity contribution < 1.29 is 14.6 Å². The predicted octanol–water partition coefficient (Wildman–Crippen LogP) is 1.24. The average Bonchev–Trinajstić information content (AvgIpc) is 2.18. The van der Waals surface area contributed by atoms with Gasteiger partial charge >= 0.3 is 5.97 Å². The van der Waals surface area contributed by atoms with Gasteiger partial charge in [0.2, 0.25) is 0 Å².